The molecule has 4 nitrogen and oxygen atoms in total. The van der Waals surface area contributed by atoms with Gasteiger partial charge in [-0.25, -0.2) is 0 Å². The molecule has 0 aliphatic rings. The van der Waals surface area contributed by atoms with E-state index in [1.54, 1.807) is 18.4 Å². The van der Waals surface area contributed by atoms with E-state index in [9.17, 15) is 4.79 Å². The van der Waals surface area contributed by atoms with Crippen LogP contribution in [0.5, 0.6) is 5.75 Å². The van der Waals surface area contributed by atoms with Gasteiger partial charge in [0.25, 0.3) is 0 Å². The number of fused-ring (bicyclic) bond motifs is 2. The van der Waals surface area contributed by atoms with Gasteiger partial charge in [-0.1, -0.05) is 12.1 Å². The van der Waals surface area contributed by atoms with Crippen molar-refractivity contribution in [2.45, 2.75) is 13.3 Å². The highest BCUT2D eigenvalue weighted by atomic mass is 127. The average Bonchev–Trinajstić information content (AvgIpc) is 2.60. The summed E-state index contributed by atoms with van der Waals surface area (Å²) in [5.74, 6) is 0.731. The van der Waals surface area contributed by atoms with E-state index in [-0.39, 0.29) is 29.4 Å². The minimum atomic E-state index is 0. The summed E-state index contributed by atoms with van der Waals surface area (Å²) in [5.41, 5.74) is 1.95. The van der Waals surface area contributed by atoms with Gasteiger partial charge in [-0.2, -0.15) is 0 Å². The molecule has 0 radical (unpaired) electrons. The van der Waals surface area contributed by atoms with E-state index in [2.05, 4.69) is 24.3 Å². The fourth-order valence-electron chi connectivity index (χ4n) is 3.05. The molecule has 3 rings (SSSR count). The Labute approximate surface area is 175 Å². The molecule has 6 heteroatoms. The molecule has 0 atom stereocenters. The molecule has 0 fully saturated rings. The number of methoxy groups -OCH3 is 1. The topological polar surface area (TPSA) is 41.6 Å². The third-order valence-electron chi connectivity index (χ3n) is 4.30. The Balaban J connectivity index is 0.00000243. The molecule has 2 aromatic carbocycles. The standard InChI is InChI=1S/C20H24N2O2S.HI/c1-13-12-15(24-4)18(21-10-7-11-22(2)3)17-19(23)14-8-5-6-9-16(14)25-20(13)17;/h5-6,8-9,12,21H,7,10-11H2,1-4H3;1H. The van der Waals surface area contributed by atoms with Gasteiger partial charge in [0.05, 0.1) is 18.2 Å². The van der Waals surface area contributed by atoms with Crippen molar-refractivity contribution in [2.75, 3.05) is 39.6 Å². The van der Waals surface area contributed by atoms with Gasteiger partial charge in [0.15, 0.2) is 5.43 Å². The summed E-state index contributed by atoms with van der Waals surface area (Å²) >= 11 is 1.67. The lowest BCUT2D eigenvalue weighted by Gasteiger charge is -2.16. The predicted molar refractivity (Wildman–Crippen MR) is 124 cm³/mol. The molecule has 0 aliphatic heterocycles. The van der Waals surface area contributed by atoms with E-state index in [1.807, 2.05) is 37.3 Å². The fraction of sp³-hybridized carbons (Fsp3) is 0.350. The van der Waals surface area contributed by atoms with Crippen LogP contribution in [-0.4, -0.2) is 39.2 Å². The maximum atomic E-state index is 13.2. The van der Waals surface area contributed by atoms with E-state index >= 15 is 0 Å². The van der Waals surface area contributed by atoms with Crippen LogP contribution in [0.3, 0.4) is 0 Å². The lowest BCUT2D eigenvalue weighted by molar-refractivity contribution is 0.404. The lowest BCUT2D eigenvalue weighted by atomic mass is 10.1. The van der Waals surface area contributed by atoms with Crippen molar-refractivity contribution in [3.63, 3.8) is 0 Å². The number of hydrogen-bond acceptors (Lipinski definition) is 5. The van der Waals surface area contributed by atoms with Crippen molar-refractivity contribution >= 4 is 61.2 Å². The zero-order chi connectivity index (χ0) is 18.0. The van der Waals surface area contributed by atoms with Gasteiger partial charge < -0.3 is 15.0 Å². The summed E-state index contributed by atoms with van der Waals surface area (Å²) in [4.78, 5) is 15.3. The van der Waals surface area contributed by atoms with Crippen LogP contribution in [0.15, 0.2) is 35.1 Å². The summed E-state index contributed by atoms with van der Waals surface area (Å²) in [7, 11) is 5.78. The second kappa shape index (κ2) is 9.01. The maximum Gasteiger partial charge on any atom is 0.198 e. The number of ether oxygens (including phenoxy) is 1. The number of hydrogen-bond donors (Lipinski definition) is 1. The van der Waals surface area contributed by atoms with Gasteiger partial charge >= 0.3 is 0 Å². The van der Waals surface area contributed by atoms with Gasteiger partial charge in [-0.05, 0) is 57.7 Å². The lowest BCUT2D eigenvalue weighted by Crippen LogP contribution is -2.17. The van der Waals surface area contributed by atoms with Crippen molar-refractivity contribution < 1.29 is 4.74 Å². The molecule has 0 amide bonds. The minimum Gasteiger partial charge on any atom is -0.495 e. The van der Waals surface area contributed by atoms with Gasteiger partial charge in [0.2, 0.25) is 0 Å². The molecule has 26 heavy (non-hydrogen) atoms. The third-order valence-corrected chi connectivity index (χ3v) is 5.61. The highest BCUT2D eigenvalue weighted by Gasteiger charge is 2.16. The molecule has 0 spiro atoms. The van der Waals surface area contributed by atoms with Gasteiger partial charge in [-0.3, -0.25) is 4.79 Å². The Hall–Kier alpha value is -1.38. The molecule has 1 heterocycles. The van der Waals surface area contributed by atoms with Crippen LogP contribution in [0.25, 0.3) is 20.2 Å². The number of benzene rings is 2. The Morgan fingerprint density at radius 2 is 1.96 bits per heavy atom. The zero-order valence-corrected chi connectivity index (χ0v) is 18.7. The van der Waals surface area contributed by atoms with Crippen molar-refractivity contribution in [1.82, 2.24) is 4.90 Å². The summed E-state index contributed by atoms with van der Waals surface area (Å²) in [6, 6.07) is 9.82. The van der Waals surface area contributed by atoms with Crippen molar-refractivity contribution in [2.24, 2.45) is 0 Å². The van der Waals surface area contributed by atoms with Crippen LogP contribution in [0.2, 0.25) is 0 Å². The molecular weight excluding hydrogens is 459 g/mol. The van der Waals surface area contributed by atoms with Crippen molar-refractivity contribution in [1.29, 1.82) is 0 Å². The molecule has 0 aliphatic carbocycles. The van der Waals surface area contributed by atoms with E-state index in [4.69, 9.17) is 4.74 Å². The van der Waals surface area contributed by atoms with Crippen LogP contribution < -0.4 is 15.5 Å². The first-order valence-corrected chi connectivity index (χ1v) is 9.26. The van der Waals surface area contributed by atoms with E-state index in [1.165, 1.54) is 0 Å². The minimum absolute atomic E-state index is 0. The van der Waals surface area contributed by atoms with E-state index < -0.39 is 0 Å². The second-order valence-electron chi connectivity index (χ2n) is 6.49. The SMILES string of the molecule is COc1cc(C)c2sc3ccccc3c(=O)c2c1NCCCN(C)C.I. The fourth-order valence-corrected chi connectivity index (χ4v) is 4.20. The van der Waals surface area contributed by atoms with Gasteiger partial charge in [0, 0.05) is 21.3 Å². The Morgan fingerprint density at radius 1 is 1.23 bits per heavy atom. The Kier molecular flexibility index (Phi) is 7.25. The third kappa shape index (κ3) is 4.13. The molecular formula is C20H25IN2O2S. The largest absolute Gasteiger partial charge is 0.495 e. The molecule has 0 unspecified atom stereocenters. The summed E-state index contributed by atoms with van der Waals surface area (Å²) in [6.07, 6.45) is 0.997. The first kappa shape index (κ1) is 20.9. The number of aryl methyl sites for hydroxylation is 1. The molecule has 0 saturated carbocycles. The summed E-state index contributed by atoms with van der Waals surface area (Å²) in [5, 5.41) is 4.96. The van der Waals surface area contributed by atoms with Gasteiger partial charge in [0.1, 0.15) is 5.75 Å². The summed E-state index contributed by atoms with van der Waals surface area (Å²) < 4.78 is 7.62. The predicted octanol–water partition coefficient (Wildman–Crippen LogP) is 4.71. The number of anilines is 1. The summed E-state index contributed by atoms with van der Waals surface area (Å²) in [6.45, 7) is 3.82. The quantitative estimate of drug-likeness (QED) is 0.313. The number of nitrogens with zero attached hydrogens (tertiary/aromatic N) is 1. The van der Waals surface area contributed by atoms with E-state index in [0.29, 0.717) is 0 Å². The molecule has 140 valence electrons. The normalized spacial score (nSPS) is 11.0. The first-order valence-electron chi connectivity index (χ1n) is 8.44. The maximum absolute atomic E-state index is 13.2. The van der Waals surface area contributed by atoms with Crippen LogP contribution in [0.4, 0.5) is 5.69 Å². The second-order valence-corrected chi connectivity index (χ2v) is 7.54. The highest BCUT2D eigenvalue weighted by molar-refractivity contribution is 14.0. The van der Waals surface area contributed by atoms with Gasteiger partial charge in [-0.15, -0.1) is 35.3 Å². The van der Waals surface area contributed by atoms with Crippen LogP contribution in [0, 0.1) is 6.92 Å². The highest BCUT2D eigenvalue weighted by Crippen LogP contribution is 2.37. The smallest absolute Gasteiger partial charge is 0.198 e. The van der Waals surface area contributed by atoms with Crippen LogP contribution in [0.1, 0.15) is 12.0 Å². The molecule has 1 aromatic heterocycles. The Bertz CT molecular complexity index is 969. The van der Waals surface area contributed by atoms with E-state index in [0.717, 1.165) is 56.7 Å². The zero-order valence-electron chi connectivity index (χ0n) is 15.6. The van der Waals surface area contributed by atoms with Crippen LogP contribution in [-0.2, 0) is 0 Å². The van der Waals surface area contributed by atoms with Crippen molar-refractivity contribution in [3.05, 3.63) is 46.1 Å². The average molecular weight is 484 g/mol. The molecule has 0 bridgehead atoms. The number of halogens is 1. The Morgan fingerprint density at radius 3 is 2.65 bits per heavy atom. The molecule has 1 N–H and O–H groups in total. The van der Waals surface area contributed by atoms with Crippen molar-refractivity contribution in [3.8, 4) is 5.75 Å². The number of rotatable bonds is 6. The van der Waals surface area contributed by atoms with Crippen LogP contribution >= 0.6 is 35.3 Å². The number of nitrogens with one attached hydrogen (secondary N) is 1. The monoisotopic (exact) mass is 484 g/mol. The molecule has 3 aromatic rings. The molecule has 0 saturated heterocycles. The first-order chi connectivity index (χ1) is 12.0.